The van der Waals surface area contributed by atoms with Crippen molar-refractivity contribution in [2.24, 2.45) is 11.8 Å². The van der Waals surface area contributed by atoms with E-state index in [9.17, 15) is 0 Å². The molecule has 0 aliphatic carbocycles. The first-order valence-electron chi connectivity index (χ1n) is 9.66. The predicted octanol–water partition coefficient (Wildman–Crippen LogP) is 3.52. The van der Waals surface area contributed by atoms with Crippen molar-refractivity contribution in [1.82, 2.24) is 0 Å². The molecule has 7 heteroatoms. The number of benzene rings is 2. The highest BCUT2D eigenvalue weighted by atomic mass is 16.7. The lowest BCUT2D eigenvalue weighted by Crippen LogP contribution is -2.14. The Morgan fingerprint density at radius 3 is 1.97 bits per heavy atom. The third kappa shape index (κ3) is 2.96. The van der Waals surface area contributed by atoms with E-state index in [1.165, 1.54) is 0 Å². The van der Waals surface area contributed by atoms with Crippen molar-refractivity contribution in [2.75, 3.05) is 41.3 Å². The van der Waals surface area contributed by atoms with Crippen LogP contribution in [0.5, 0.6) is 28.7 Å². The Kier molecular flexibility index (Phi) is 4.64. The normalized spacial score (nSPS) is 27.0. The minimum atomic E-state index is -0.0901. The van der Waals surface area contributed by atoms with Gasteiger partial charge in [0.05, 0.1) is 46.8 Å². The molecule has 3 heterocycles. The van der Waals surface area contributed by atoms with Gasteiger partial charge in [-0.2, -0.15) is 0 Å². The fraction of sp³-hybridized carbons (Fsp3) is 0.455. The fourth-order valence-corrected chi connectivity index (χ4v) is 4.59. The molecule has 5 rings (SSSR count). The number of fused-ring (bicyclic) bond motifs is 2. The number of methoxy groups -OCH3 is 3. The van der Waals surface area contributed by atoms with Crippen LogP contribution in [-0.4, -0.2) is 41.3 Å². The first kappa shape index (κ1) is 18.4. The summed E-state index contributed by atoms with van der Waals surface area (Å²) in [5.41, 5.74) is 2.10. The first-order chi connectivity index (χ1) is 14.2. The summed E-state index contributed by atoms with van der Waals surface area (Å²) in [4.78, 5) is 0. The Morgan fingerprint density at radius 1 is 0.724 bits per heavy atom. The van der Waals surface area contributed by atoms with Crippen molar-refractivity contribution in [1.29, 1.82) is 0 Å². The second kappa shape index (κ2) is 7.31. The molecule has 2 aromatic rings. The molecule has 2 saturated heterocycles. The number of hydrogen-bond donors (Lipinski definition) is 0. The minimum Gasteiger partial charge on any atom is -0.493 e. The van der Waals surface area contributed by atoms with E-state index in [1.54, 1.807) is 21.3 Å². The molecule has 0 amide bonds. The summed E-state index contributed by atoms with van der Waals surface area (Å²) in [7, 11) is 4.84. The van der Waals surface area contributed by atoms with Gasteiger partial charge in [-0.3, -0.25) is 0 Å². The van der Waals surface area contributed by atoms with Gasteiger partial charge in [0.1, 0.15) is 0 Å². The third-order valence-electron chi connectivity index (χ3n) is 6.00. The molecule has 0 aromatic heterocycles. The van der Waals surface area contributed by atoms with Gasteiger partial charge in [0.15, 0.2) is 23.0 Å². The van der Waals surface area contributed by atoms with Gasteiger partial charge in [0, 0.05) is 11.8 Å². The van der Waals surface area contributed by atoms with Gasteiger partial charge in [-0.25, -0.2) is 0 Å². The van der Waals surface area contributed by atoms with E-state index >= 15 is 0 Å². The summed E-state index contributed by atoms with van der Waals surface area (Å²) in [6, 6.07) is 9.93. The average Bonchev–Trinajstić information content (AvgIpc) is 3.47. The number of rotatable bonds is 5. The summed E-state index contributed by atoms with van der Waals surface area (Å²) in [6.45, 7) is 1.53. The quantitative estimate of drug-likeness (QED) is 0.761. The Balaban J connectivity index is 1.42. The molecule has 4 atom stereocenters. The van der Waals surface area contributed by atoms with Gasteiger partial charge < -0.3 is 33.2 Å². The van der Waals surface area contributed by atoms with E-state index in [2.05, 4.69) is 0 Å². The molecule has 0 radical (unpaired) electrons. The monoisotopic (exact) mass is 400 g/mol. The highest BCUT2D eigenvalue weighted by Crippen LogP contribution is 2.52. The Morgan fingerprint density at radius 2 is 1.34 bits per heavy atom. The standard InChI is InChI=1S/C22H24O7/c1-23-18-7-13(8-19(24-2)22(18)25-3)21-15-10-26-20(14(15)9-27-21)12-4-5-16-17(6-12)29-11-28-16/h4-8,14-15,20-21H,9-11H2,1-3H3/t14?,15?,20?,21-/m0/s1. The summed E-state index contributed by atoms with van der Waals surface area (Å²) in [5, 5.41) is 0. The van der Waals surface area contributed by atoms with Crippen LogP contribution in [0.25, 0.3) is 0 Å². The Bertz CT molecular complexity index is 887. The predicted molar refractivity (Wildman–Crippen MR) is 103 cm³/mol. The maximum atomic E-state index is 6.24. The lowest BCUT2D eigenvalue weighted by molar-refractivity contribution is 0.0191. The van der Waals surface area contributed by atoms with E-state index in [4.69, 9.17) is 33.2 Å². The average molecular weight is 400 g/mol. The van der Waals surface area contributed by atoms with E-state index in [1.807, 2.05) is 30.3 Å². The lowest BCUT2D eigenvalue weighted by atomic mass is 9.85. The van der Waals surface area contributed by atoms with Crippen LogP contribution in [0.3, 0.4) is 0 Å². The molecule has 0 spiro atoms. The Labute approximate surface area is 169 Å². The summed E-state index contributed by atoms with van der Waals surface area (Å²) in [6.07, 6.45) is -0.116. The molecule has 154 valence electrons. The van der Waals surface area contributed by atoms with Crippen LogP contribution in [0.1, 0.15) is 23.3 Å². The van der Waals surface area contributed by atoms with Crippen LogP contribution in [0.4, 0.5) is 0 Å². The first-order valence-corrected chi connectivity index (χ1v) is 9.66. The molecule has 0 N–H and O–H groups in total. The topological polar surface area (TPSA) is 64.6 Å². The second-order valence-electron chi connectivity index (χ2n) is 7.41. The Hall–Kier alpha value is -2.64. The SMILES string of the molecule is COc1cc([C@@H]2OCC3C(c4ccc5c(c4)OCO5)OCC32)cc(OC)c1OC. The molecular formula is C22H24O7. The van der Waals surface area contributed by atoms with Crippen molar-refractivity contribution in [3.8, 4) is 28.7 Å². The number of hydrogen-bond acceptors (Lipinski definition) is 7. The molecule has 3 aliphatic rings. The molecule has 3 aliphatic heterocycles. The molecule has 3 unspecified atom stereocenters. The van der Waals surface area contributed by atoms with E-state index in [0.29, 0.717) is 30.5 Å². The second-order valence-corrected chi connectivity index (χ2v) is 7.41. The summed E-state index contributed by atoms with van der Waals surface area (Å²) < 4.78 is 39.8. The minimum absolute atomic E-state index is 0.0264. The zero-order valence-corrected chi connectivity index (χ0v) is 16.7. The highest BCUT2D eigenvalue weighted by Gasteiger charge is 2.48. The van der Waals surface area contributed by atoms with E-state index < -0.39 is 0 Å². The van der Waals surface area contributed by atoms with Crippen LogP contribution >= 0.6 is 0 Å². The van der Waals surface area contributed by atoms with Gasteiger partial charge in [-0.1, -0.05) is 6.07 Å². The highest BCUT2D eigenvalue weighted by molar-refractivity contribution is 5.54. The largest absolute Gasteiger partial charge is 0.493 e. The lowest BCUT2D eigenvalue weighted by Gasteiger charge is -2.20. The van der Waals surface area contributed by atoms with E-state index in [0.717, 1.165) is 22.6 Å². The molecule has 0 bridgehead atoms. The van der Waals surface area contributed by atoms with Crippen molar-refractivity contribution >= 4 is 0 Å². The van der Waals surface area contributed by atoms with Crippen LogP contribution in [-0.2, 0) is 9.47 Å². The fourth-order valence-electron chi connectivity index (χ4n) is 4.59. The van der Waals surface area contributed by atoms with Crippen molar-refractivity contribution in [2.45, 2.75) is 12.2 Å². The summed E-state index contributed by atoms with van der Waals surface area (Å²) >= 11 is 0. The zero-order chi connectivity index (χ0) is 20.0. The van der Waals surface area contributed by atoms with Gasteiger partial charge in [0.25, 0.3) is 0 Å². The molecule has 2 fully saturated rings. The molecule has 7 nitrogen and oxygen atoms in total. The van der Waals surface area contributed by atoms with Crippen LogP contribution in [0.2, 0.25) is 0 Å². The van der Waals surface area contributed by atoms with Crippen molar-refractivity contribution in [3.63, 3.8) is 0 Å². The molecule has 29 heavy (non-hydrogen) atoms. The van der Waals surface area contributed by atoms with Crippen molar-refractivity contribution in [3.05, 3.63) is 41.5 Å². The molecule has 0 saturated carbocycles. The van der Waals surface area contributed by atoms with Crippen LogP contribution < -0.4 is 23.7 Å². The van der Waals surface area contributed by atoms with Gasteiger partial charge in [-0.15, -0.1) is 0 Å². The van der Waals surface area contributed by atoms with E-state index in [-0.39, 0.29) is 30.8 Å². The zero-order valence-electron chi connectivity index (χ0n) is 16.7. The molecular weight excluding hydrogens is 376 g/mol. The van der Waals surface area contributed by atoms with Crippen molar-refractivity contribution < 1.29 is 33.2 Å². The van der Waals surface area contributed by atoms with Crippen LogP contribution in [0.15, 0.2) is 30.3 Å². The van der Waals surface area contributed by atoms with Gasteiger partial charge >= 0.3 is 0 Å². The maximum Gasteiger partial charge on any atom is 0.231 e. The number of ether oxygens (including phenoxy) is 7. The van der Waals surface area contributed by atoms with Gasteiger partial charge in [-0.05, 0) is 35.4 Å². The molecule has 2 aromatic carbocycles. The van der Waals surface area contributed by atoms with Gasteiger partial charge in [0.2, 0.25) is 12.5 Å². The smallest absolute Gasteiger partial charge is 0.231 e. The third-order valence-corrected chi connectivity index (χ3v) is 6.00. The van der Waals surface area contributed by atoms with Crippen LogP contribution in [0, 0.1) is 11.8 Å². The maximum absolute atomic E-state index is 6.24. The summed E-state index contributed by atoms with van der Waals surface area (Å²) in [5.74, 6) is 3.89.